The Hall–Kier alpha value is -3.32. The Labute approximate surface area is 386 Å². The summed E-state index contributed by atoms with van der Waals surface area (Å²) in [6.45, 7) is 10.6. The molecule has 1 unspecified atom stereocenters. The Bertz CT molecular complexity index is 1540. The summed E-state index contributed by atoms with van der Waals surface area (Å²) in [6, 6.07) is 5.61. The molecule has 0 amide bonds. The summed E-state index contributed by atoms with van der Waals surface area (Å²) in [5.74, 6) is -0.971. The van der Waals surface area contributed by atoms with E-state index < -0.39 is 5.78 Å². The number of carbonyl (C=O) groups excluding carboxylic acids is 2. The van der Waals surface area contributed by atoms with E-state index in [1.54, 1.807) is 24.3 Å². The number of hydrogen-bond donors (Lipinski definition) is 3. The van der Waals surface area contributed by atoms with Gasteiger partial charge in [-0.1, -0.05) is 213 Å². The molecule has 358 valence electrons. The molecule has 63 heavy (non-hydrogen) atoms. The van der Waals surface area contributed by atoms with Gasteiger partial charge in [-0.3, -0.25) is 9.59 Å². The van der Waals surface area contributed by atoms with E-state index >= 15 is 0 Å². The number of aromatic hydroxyl groups is 1. The predicted octanol–water partition coefficient (Wildman–Crippen LogP) is 15.5. The van der Waals surface area contributed by atoms with Crippen LogP contribution in [0, 0.1) is 0 Å². The van der Waals surface area contributed by atoms with Crippen molar-refractivity contribution < 1.29 is 25.3 Å². The molecule has 2 aliphatic rings. The first kappa shape index (κ1) is 55.8. The SMILES string of the molecule is CCCCCCCCCCCCCCCCCCN(CC)c1ccc(C2=C(O)/C(=C3/C=CC(NC(CC)CCCCCCCCCCCCCCCCC)=CC3=O)C2=O)c(O)c1.O. The number of aliphatic hydroxyl groups excluding tert-OH is 1. The molecule has 5 N–H and O–H groups in total. The van der Waals surface area contributed by atoms with Crippen LogP contribution in [-0.4, -0.2) is 46.4 Å². The molecule has 0 aliphatic heterocycles. The number of benzene rings is 1. The van der Waals surface area contributed by atoms with Crippen molar-refractivity contribution >= 4 is 22.8 Å². The largest absolute Gasteiger partial charge is 0.507 e. The first-order valence-electron chi connectivity index (χ1n) is 26.4. The number of rotatable bonds is 39. The zero-order chi connectivity index (χ0) is 44.6. The highest BCUT2D eigenvalue weighted by Crippen LogP contribution is 2.43. The average molecular weight is 875 g/mol. The number of nitrogens with zero attached hydrogens (tertiary/aromatic N) is 1. The van der Waals surface area contributed by atoms with Crippen molar-refractivity contribution in [1.29, 1.82) is 0 Å². The lowest BCUT2D eigenvalue weighted by Gasteiger charge is -2.27. The number of hydrogen-bond acceptors (Lipinski definition) is 6. The van der Waals surface area contributed by atoms with Crippen LogP contribution in [0.3, 0.4) is 0 Å². The van der Waals surface area contributed by atoms with Crippen LogP contribution in [0.4, 0.5) is 5.69 Å². The van der Waals surface area contributed by atoms with Crippen LogP contribution in [0.5, 0.6) is 5.75 Å². The van der Waals surface area contributed by atoms with Gasteiger partial charge in [0.25, 0.3) is 0 Å². The molecule has 0 saturated carbocycles. The summed E-state index contributed by atoms with van der Waals surface area (Å²) in [7, 11) is 0. The van der Waals surface area contributed by atoms with Crippen molar-refractivity contribution in [1.82, 2.24) is 5.32 Å². The minimum absolute atomic E-state index is 0. The monoisotopic (exact) mass is 875 g/mol. The second-order valence-electron chi connectivity index (χ2n) is 18.7. The van der Waals surface area contributed by atoms with E-state index in [0.717, 1.165) is 43.7 Å². The fourth-order valence-electron chi connectivity index (χ4n) is 9.35. The fourth-order valence-corrected chi connectivity index (χ4v) is 9.35. The fraction of sp³-hybridized carbons (Fsp3) is 0.714. The summed E-state index contributed by atoms with van der Waals surface area (Å²) in [5, 5.41) is 25.7. The minimum atomic E-state index is -0.413. The smallest absolute Gasteiger partial charge is 0.202 e. The van der Waals surface area contributed by atoms with Crippen LogP contribution in [0.25, 0.3) is 5.57 Å². The predicted molar refractivity (Wildman–Crippen MR) is 270 cm³/mol. The lowest BCUT2D eigenvalue weighted by Crippen LogP contribution is -2.30. The van der Waals surface area contributed by atoms with Gasteiger partial charge in [0.1, 0.15) is 11.5 Å². The second kappa shape index (κ2) is 35.0. The van der Waals surface area contributed by atoms with Crippen molar-refractivity contribution in [2.75, 3.05) is 18.0 Å². The summed E-state index contributed by atoms with van der Waals surface area (Å²) in [6.07, 6.45) is 48.9. The second-order valence-corrected chi connectivity index (χ2v) is 18.7. The molecule has 2 aliphatic carbocycles. The van der Waals surface area contributed by atoms with Gasteiger partial charge in [-0.2, -0.15) is 0 Å². The Morgan fingerprint density at radius 3 is 1.40 bits per heavy atom. The molecule has 0 bridgehead atoms. The van der Waals surface area contributed by atoms with Gasteiger partial charge in [-0.25, -0.2) is 0 Å². The number of phenolic OH excluding ortho intramolecular Hbond substituents is 1. The van der Waals surface area contributed by atoms with Crippen LogP contribution in [0.2, 0.25) is 0 Å². The lowest BCUT2D eigenvalue weighted by molar-refractivity contribution is -0.114. The zero-order valence-corrected chi connectivity index (χ0v) is 40.9. The number of unbranched alkanes of at least 4 members (excludes halogenated alkanes) is 29. The quantitative estimate of drug-likeness (QED) is 0.0447. The first-order chi connectivity index (χ1) is 30.4. The molecule has 0 aromatic heterocycles. The van der Waals surface area contributed by atoms with E-state index in [1.807, 2.05) is 12.1 Å². The molecule has 1 aromatic carbocycles. The van der Waals surface area contributed by atoms with Crippen LogP contribution in [0.1, 0.15) is 245 Å². The number of phenols is 1. The molecule has 0 fully saturated rings. The molecule has 7 heteroatoms. The molecule has 7 nitrogen and oxygen atoms in total. The maximum absolute atomic E-state index is 13.4. The standard InChI is InChI=1S/C56H92N2O4.H2O/c1-5-9-11-13-15-17-19-21-23-25-27-29-31-33-35-37-43-58(8-4)48-40-42-50(52(60)45-48)54-55(61)53(56(54)62)49-41-39-47(44-51(49)59)57-46(7-3)38-36-34-32-30-28-26-24-22-20-18-16-14-12-10-6-2;/h39-42,44-46,57,60-61H,5-38,43H2,1-4H3;1H2/b53-49+;. The van der Waals surface area contributed by atoms with Crippen molar-refractivity contribution in [3.05, 3.63) is 64.6 Å². The summed E-state index contributed by atoms with van der Waals surface area (Å²) >= 11 is 0. The number of nitrogens with one attached hydrogen (secondary N) is 1. The Balaban J connectivity index is 0.0000137. The highest BCUT2D eigenvalue weighted by atomic mass is 16.3. The van der Waals surface area contributed by atoms with Gasteiger partial charge in [0, 0.05) is 53.8 Å². The normalized spacial score (nSPS) is 15.4. The van der Waals surface area contributed by atoms with Crippen LogP contribution in [0.15, 0.2) is 59.0 Å². The molecule has 0 heterocycles. The third-order valence-corrected chi connectivity index (χ3v) is 13.5. The van der Waals surface area contributed by atoms with E-state index in [9.17, 15) is 19.8 Å². The Morgan fingerprint density at radius 1 is 0.556 bits per heavy atom. The maximum Gasteiger partial charge on any atom is 0.202 e. The van der Waals surface area contributed by atoms with Crippen LogP contribution in [-0.2, 0) is 9.59 Å². The molecule has 0 spiro atoms. The van der Waals surface area contributed by atoms with Crippen molar-refractivity contribution in [2.45, 2.75) is 246 Å². The molecule has 0 radical (unpaired) electrons. The molecule has 3 rings (SSSR count). The summed E-state index contributed by atoms with van der Waals surface area (Å²) < 4.78 is 0. The first-order valence-corrected chi connectivity index (χ1v) is 26.4. The van der Waals surface area contributed by atoms with Crippen LogP contribution < -0.4 is 10.2 Å². The number of Topliss-reactive ketones (excluding diaryl/α,β-unsaturated/α-hetero) is 1. The van der Waals surface area contributed by atoms with Gasteiger partial charge in [-0.05, 0) is 50.5 Å². The Kier molecular flexibility index (Phi) is 31.0. The van der Waals surface area contributed by atoms with Gasteiger partial charge in [-0.15, -0.1) is 0 Å². The summed E-state index contributed by atoms with van der Waals surface area (Å²) in [4.78, 5) is 28.9. The average Bonchev–Trinajstić information content (AvgIpc) is 3.27. The van der Waals surface area contributed by atoms with Gasteiger partial charge >= 0.3 is 0 Å². The number of aliphatic hydroxyl groups is 1. The van der Waals surface area contributed by atoms with E-state index in [2.05, 4.69) is 37.9 Å². The van der Waals surface area contributed by atoms with E-state index in [1.165, 1.54) is 193 Å². The number of ketones is 2. The lowest BCUT2D eigenvalue weighted by atomic mass is 9.79. The Morgan fingerprint density at radius 2 is 1.00 bits per heavy atom. The topological polar surface area (TPSA) is 121 Å². The van der Waals surface area contributed by atoms with E-state index in [-0.39, 0.29) is 45.5 Å². The van der Waals surface area contributed by atoms with Crippen molar-refractivity contribution in [3.8, 4) is 5.75 Å². The highest BCUT2D eigenvalue weighted by Gasteiger charge is 2.39. The highest BCUT2D eigenvalue weighted by molar-refractivity contribution is 6.41. The molecule has 1 atom stereocenters. The summed E-state index contributed by atoms with van der Waals surface area (Å²) in [5.41, 5.74) is 2.25. The molecule has 1 aromatic rings. The molecular weight excluding hydrogens is 781 g/mol. The van der Waals surface area contributed by atoms with Gasteiger partial charge in [0.2, 0.25) is 5.78 Å². The zero-order valence-electron chi connectivity index (χ0n) is 40.9. The van der Waals surface area contributed by atoms with E-state index in [0.29, 0.717) is 5.56 Å². The van der Waals surface area contributed by atoms with Gasteiger partial charge in [0.05, 0.1) is 11.1 Å². The maximum atomic E-state index is 13.4. The number of anilines is 1. The van der Waals surface area contributed by atoms with E-state index in [4.69, 9.17) is 0 Å². The van der Waals surface area contributed by atoms with Gasteiger partial charge in [0.15, 0.2) is 5.78 Å². The third-order valence-electron chi connectivity index (χ3n) is 13.5. The molecule has 0 saturated heterocycles. The van der Waals surface area contributed by atoms with Crippen molar-refractivity contribution in [3.63, 3.8) is 0 Å². The minimum Gasteiger partial charge on any atom is -0.507 e. The number of carbonyl (C=O) groups is 2. The van der Waals surface area contributed by atoms with Crippen molar-refractivity contribution in [2.24, 2.45) is 0 Å². The van der Waals surface area contributed by atoms with Crippen LogP contribution >= 0.6 is 0 Å². The third kappa shape index (κ3) is 21.5. The van der Waals surface area contributed by atoms with Gasteiger partial charge < -0.3 is 25.9 Å². The molecular formula is C56H94N2O5. The number of allylic oxidation sites excluding steroid dienone is 6.